The minimum Gasteiger partial charge on any atom is -0.497 e. The molecule has 0 spiro atoms. The van der Waals surface area contributed by atoms with E-state index in [9.17, 15) is 4.79 Å². The maximum absolute atomic E-state index is 13.0. The van der Waals surface area contributed by atoms with Crippen molar-refractivity contribution in [2.24, 2.45) is 0 Å². The third kappa shape index (κ3) is 4.62. The molecule has 0 unspecified atom stereocenters. The Balaban J connectivity index is 1.68. The number of nitrogens with zero attached hydrogens (tertiary/aromatic N) is 1. The number of hydrogen-bond donors (Lipinski definition) is 1. The van der Waals surface area contributed by atoms with Gasteiger partial charge in [0.1, 0.15) is 22.8 Å². The SMILES string of the molecule is COc1cc(OC)cc(C(=O)Nc2cc(-c3nc4cc(C(C)C)ccc4o3)ccc2OC)c1. The summed E-state index contributed by atoms with van der Waals surface area (Å²) < 4.78 is 22.0. The molecule has 170 valence electrons. The third-order valence-electron chi connectivity index (χ3n) is 5.39. The maximum Gasteiger partial charge on any atom is 0.256 e. The molecule has 0 saturated heterocycles. The molecule has 1 amide bonds. The number of nitrogens with one attached hydrogen (secondary N) is 1. The average molecular weight is 447 g/mol. The Morgan fingerprint density at radius 1 is 0.909 bits per heavy atom. The van der Waals surface area contributed by atoms with Crippen LogP contribution in [0.3, 0.4) is 0 Å². The van der Waals surface area contributed by atoms with E-state index in [1.807, 2.05) is 24.3 Å². The summed E-state index contributed by atoms with van der Waals surface area (Å²) in [6.07, 6.45) is 0. The number of fused-ring (bicyclic) bond motifs is 1. The molecular formula is C26H26N2O5. The number of aromatic nitrogens is 1. The van der Waals surface area contributed by atoms with E-state index in [2.05, 4.69) is 24.1 Å². The molecule has 7 heteroatoms. The summed E-state index contributed by atoms with van der Waals surface area (Å²) in [6, 6.07) is 16.4. The summed E-state index contributed by atoms with van der Waals surface area (Å²) in [5.74, 6) is 2.08. The Labute approximate surface area is 192 Å². The molecule has 7 nitrogen and oxygen atoms in total. The van der Waals surface area contributed by atoms with Crippen molar-refractivity contribution in [1.82, 2.24) is 4.98 Å². The fourth-order valence-electron chi connectivity index (χ4n) is 3.50. The van der Waals surface area contributed by atoms with E-state index in [0.29, 0.717) is 45.9 Å². The van der Waals surface area contributed by atoms with Crippen LogP contribution >= 0.6 is 0 Å². The Morgan fingerprint density at radius 3 is 2.27 bits per heavy atom. The summed E-state index contributed by atoms with van der Waals surface area (Å²) in [4.78, 5) is 17.6. The summed E-state index contributed by atoms with van der Waals surface area (Å²) in [5, 5.41) is 2.90. The Kier molecular flexibility index (Phi) is 6.22. The summed E-state index contributed by atoms with van der Waals surface area (Å²) in [6.45, 7) is 4.27. The lowest BCUT2D eigenvalue weighted by molar-refractivity contribution is 0.102. The van der Waals surface area contributed by atoms with E-state index < -0.39 is 0 Å². The highest BCUT2D eigenvalue weighted by Gasteiger charge is 2.16. The molecule has 0 fully saturated rings. The van der Waals surface area contributed by atoms with Crippen LogP contribution in [0.5, 0.6) is 17.2 Å². The molecule has 0 bridgehead atoms. The van der Waals surface area contributed by atoms with Gasteiger partial charge in [0.2, 0.25) is 5.89 Å². The predicted octanol–water partition coefficient (Wildman–Crippen LogP) is 5.90. The molecule has 0 aliphatic rings. The first kappa shape index (κ1) is 22.2. The number of rotatable bonds is 7. The zero-order valence-corrected chi connectivity index (χ0v) is 19.3. The Bertz CT molecular complexity index is 1290. The first-order valence-electron chi connectivity index (χ1n) is 10.5. The molecule has 4 aromatic rings. The van der Waals surface area contributed by atoms with Crippen molar-refractivity contribution in [2.75, 3.05) is 26.6 Å². The number of anilines is 1. The lowest BCUT2D eigenvalue weighted by Gasteiger charge is -2.12. The average Bonchev–Trinajstić information content (AvgIpc) is 3.27. The van der Waals surface area contributed by atoms with Gasteiger partial charge in [0.05, 0.1) is 27.0 Å². The second-order valence-corrected chi connectivity index (χ2v) is 7.87. The van der Waals surface area contributed by atoms with Crippen LogP contribution in [0.2, 0.25) is 0 Å². The van der Waals surface area contributed by atoms with Crippen LogP contribution < -0.4 is 19.5 Å². The smallest absolute Gasteiger partial charge is 0.256 e. The zero-order valence-electron chi connectivity index (χ0n) is 19.3. The van der Waals surface area contributed by atoms with Crippen molar-refractivity contribution in [1.29, 1.82) is 0 Å². The number of carbonyl (C=O) groups excluding carboxylic acids is 1. The van der Waals surface area contributed by atoms with E-state index >= 15 is 0 Å². The Hall–Kier alpha value is -4.00. The highest BCUT2D eigenvalue weighted by atomic mass is 16.5. The van der Waals surface area contributed by atoms with Gasteiger partial charge in [-0.3, -0.25) is 4.79 Å². The molecule has 0 saturated carbocycles. The fourth-order valence-corrected chi connectivity index (χ4v) is 3.50. The van der Waals surface area contributed by atoms with E-state index in [0.717, 1.165) is 11.1 Å². The standard InChI is InChI=1S/C26H26N2O5/c1-15(2)16-6-9-24-22(12-16)28-26(33-24)17-7-8-23(32-5)21(13-17)27-25(29)18-10-19(30-3)14-20(11-18)31-4/h6-15H,1-5H3,(H,27,29). The van der Waals surface area contributed by atoms with Crippen LogP contribution in [0, 0.1) is 0 Å². The van der Waals surface area contributed by atoms with Crippen molar-refractivity contribution in [2.45, 2.75) is 19.8 Å². The van der Waals surface area contributed by atoms with Crippen molar-refractivity contribution >= 4 is 22.7 Å². The van der Waals surface area contributed by atoms with Crippen molar-refractivity contribution < 1.29 is 23.4 Å². The summed E-state index contributed by atoms with van der Waals surface area (Å²) in [7, 11) is 4.62. The van der Waals surface area contributed by atoms with Gasteiger partial charge in [-0.25, -0.2) is 4.98 Å². The normalized spacial score (nSPS) is 11.0. The van der Waals surface area contributed by atoms with Crippen LogP contribution in [-0.2, 0) is 0 Å². The molecule has 0 radical (unpaired) electrons. The first-order valence-corrected chi connectivity index (χ1v) is 10.5. The third-order valence-corrected chi connectivity index (χ3v) is 5.39. The lowest BCUT2D eigenvalue weighted by Crippen LogP contribution is -2.13. The number of benzene rings is 3. The molecule has 1 N–H and O–H groups in total. The topological polar surface area (TPSA) is 82.8 Å². The molecule has 1 heterocycles. The largest absolute Gasteiger partial charge is 0.497 e. The second kappa shape index (κ2) is 9.24. The number of hydrogen-bond acceptors (Lipinski definition) is 6. The molecule has 1 aromatic heterocycles. The number of methoxy groups -OCH3 is 3. The first-order chi connectivity index (χ1) is 15.9. The van der Waals surface area contributed by atoms with Gasteiger partial charge in [0.15, 0.2) is 5.58 Å². The lowest BCUT2D eigenvalue weighted by atomic mass is 10.0. The molecule has 3 aromatic carbocycles. The predicted molar refractivity (Wildman–Crippen MR) is 128 cm³/mol. The molecule has 0 aliphatic carbocycles. The van der Waals surface area contributed by atoms with Crippen molar-refractivity contribution in [3.63, 3.8) is 0 Å². The van der Waals surface area contributed by atoms with Crippen LogP contribution in [-0.4, -0.2) is 32.2 Å². The minimum atomic E-state index is -0.332. The molecule has 4 rings (SSSR count). The van der Waals surface area contributed by atoms with Crippen molar-refractivity contribution in [3.05, 3.63) is 65.7 Å². The van der Waals surface area contributed by atoms with Crippen LogP contribution in [0.25, 0.3) is 22.6 Å². The number of amides is 1. The number of oxazole rings is 1. The van der Waals surface area contributed by atoms with Gasteiger partial charge in [-0.2, -0.15) is 0 Å². The van der Waals surface area contributed by atoms with Crippen LogP contribution in [0.4, 0.5) is 5.69 Å². The Morgan fingerprint density at radius 2 is 1.64 bits per heavy atom. The monoisotopic (exact) mass is 446 g/mol. The van der Waals surface area contributed by atoms with E-state index in [1.165, 1.54) is 19.8 Å². The van der Waals surface area contributed by atoms with Crippen LogP contribution in [0.1, 0.15) is 35.7 Å². The van der Waals surface area contributed by atoms with Gasteiger partial charge < -0.3 is 23.9 Å². The van der Waals surface area contributed by atoms with Gasteiger partial charge >= 0.3 is 0 Å². The van der Waals surface area contributed by atoms with Crippen molar-refractivity contribution in [3.8, 4) is 28.7 Å². The molecule has 33 heavy (non-hydrogen) atoms. The van der Waals surface area contributed by atoms with Crippen LogP contribution in [0.15, 0.2) is 59.0 Å². The number of ether oxygens (including phenoxy) is 3. The number of carbonyl (C=O) groups is 1. The van der Waals surface area contributed by atoms with E-state index in [4.69, 9.17) is 18.6 Å². The van der Waals surface area contributed by atoms with Gasteiger partial charge in [-0.05, 0) is 53.9 Å². The fraction of sp³-hybridized carbons (Fsp3) is 0.231. The van der Waals surface area contributed by atoms with E-state index in [1.54, 1.807) is 37.4 Å². The highest BCUT2D eigenvalue weighted by Crippen LogP contribution is 2.33. The maximum atomic E-state index is 13.0. The molecule has 0 atom stereocenters. The van der Waals surface area contributed by atoms with Gasteiger partial charge in [0.25, 0.3) is 5.91 Å². The quantitative estimate of drug-likeness (QED) is 0.381. The minimum absolute atomic E-state index is 0.332. The summed E-state index contributed by atoms with van der Waals surface area (Å²) in [5.41, 5.74) is 4.30. The highest BCUT2D eigenvalue weighted by molar-refractivity contribution is 6.05. The molecular weight excluding hydrogens is 420 g/mol. The molecule has 0 aliphatic heterocycles. The second-order valence-electron chi connectivity index (χ2n) is 7.87. The zero-order chi connectivity index (χ0) is 23.5. The van der Waals surface area contributed by atoms with Gasteiger partial charge in [0, 0.05) is 17.2 Å². The summed E-state index contributed by atoms with van der Waals surface area (Å²) >= 11 is 0. The van der Waals surface area contributed by atoms with Gasteiger partial charge in [-0.1, -0.05) is 19.9 Å². The van der Waals surface area contributed by atoms with Gasteiger partial charge in [-0.15, -0.1) is 0 Å². The van der Waals surface area contributed by atoms with E-state index in [-0.39, 0.29) is 5.91 Å².